The van der Waals surface area contributed by atoms with E-state index in [2.05, 4.69) is 14.9 Å². The maximum absolute atomic E-state index is 12.8. The summed E-state index contributed by atoms with van der Waals surface area (Å²) in [6, 6.07) is 0.642. The van der Waals surface area contributed by atoms with Gasteiger partial charge in [0.15, 0.2) is 0 Å². The summed E-state index contributed by atoms with van der Waals surface area (Å²) >= 11 is 0. The van der Waals surface area contributed by atoms with Crippen molar-refractivity contribution in [3.8, 4) is 0 Å². The maximum Gasteiger partial charge on any atom is 0.226 e. The lowest BCUT2D eigenvalue weighted by Gasteiger charge is -2.37. The van der Waals surface area contributed by atoms with E-state index >= 15 is 0 Å². The predicted octanol–water partition coefficient (Wildman–Crippen LogP) is 2.25. The Hall–Kier alpha value is -1.45. The van der Waals surface area contributed by atoms with Gasteiger partial charge < -0.3 is 4.90 Å². The van der Waals surface area contributed by atoms with Gasteiger partial charge in [-0.3, -0.25) is 4.79 Å². The summed E-state index contributed by atoms with van der Waals surface area (Å²) in [6.45, 7) is 0. The summed E-state index contributed by atoms with van der Waals surface area (Å²) < 4.78 is 0. The molecule has 2 aliphatic heterocycles. The molecule has 2 bridgehead atoms. The van der Waals surface area contributed by atoms with Crippen molar-refractivity contribution in [1.82, 2.24) is 14.9 Å². The highest BCUT2D eigenvalue weighted by Crippen LogP contribution is 2.44. The molecule has 1 aromatic heterocycles. The number of hydrogen-bond acceptors (Lipinski definition) is 3. The Morgan fingerprint density at radius 3 is 2.89 bits per heavy atom. The van der Waals surface area contributed by atoms with E-state index in [4.69, 9.17) is 0 Å². The van der Waals surface area contributed by atoms with E-state index < -0.39 is 0 Å². The first-order chi connectivity index (χ1) is 9.34. The Morgan fingerprint density at radius 1 is 1.21 bits per heavy atom. The minimum Gasteiger partial charge on any atom is -0.332 e. The molecule has 0 spiro atoms. The maximum atomic E-state index is 12.8. The fourth-order valence-electron chi connectivity index (χ4n) is 4.14. The van der Waals surface area contributed by atoms with Crippen molar-refractivity contribution in [1.29, 1.82) is 0 Å². The highest BCUT2D eigenvalue weighted by atomic mass is 16.2. The topological polar surface area (TPSA) is 46.1 Å². The molecule has 0 N–H and O–H groups in total. The van der Waals surface area contributed by atoms with Gasteiger partial charge in [-0.1, -0.05) is 12.8 Å². The van der Waals surface area contributed by atoms with Crippen molar-refractivity contribution in [2.45, 2.75) is 57.0 Å². The van der Waals surface area contributed by atoms with Gasteiger partial charge in [-0.15, -0.1) is 0 Å². The summed E-state index contributed by atoms with van der Waals surface area (Å²) in [6.07, 6.45) is 11.3. The lowest BCUT2D eigenvalue weighted by atomic mass is 9.96. The van der Waals surface area contributed by atoms with Crippen molar-refractivity contribution >= 4 is 5.91 Å². The first-order valence-corrected chi connectivity index (χ1v) is 7.45. The van der Waals surface area contributed by atoms with Gasteiger partial charge in [-0.25, -0.2) is 9.97 Å². The summed E-state index contributed by atoms with van der Waals surface area (Å²) in [5.74, 6) is 0.689. The fourth-order valence-corrected chi connectivity index (χ4v) is 4.14. The first-order valence-electron chi connectivity index (χ1n) is 7.45. The molecule has 1 amide bonds. The molecule has 0 aromatic carbocycles. The Labute approximate surface area is 113 Å². The molecule has 3 heterocycles. The standard InChI is InChI=1S/C15H19N3O/c19-15(10-3-1-2-4-10)18-11-5-6-14(18)12-8-16-9-17-13(12)7-11/h8-11,14H,1-7H2. The molecule has 2 atom stereocenters. The van der Waals surface area contributed by atoms with Gasteiger partial charge in [0.2, 0.25) is 5.91 Å². The van der Waals surface area contributed by atoms with E-state index in [9.17, 15) is 4.79 Å². The molecule has 0 radical (unpaired) electrons. The van der Waals surface area contributed by atoms with Crippen LogP contribution in [0.1, 0.15) is 55.8 Å². The zero-order valence-electron chi connectivity index (χ0n) is 11.1. The number of fused-ring (bicyclic) bond motifs is 4. The number of rotatable bonds is 1. The largest absolute Gasteiger partial charge is 0.332 e. The van der Waals surface area contributed by atoms with Gasteiger partial charge in [0.05, 0.1) is 11.7 Å². The van der Waals surface area contributed by atoms with E-state index in [-0.39, 0.29) is 12.0 Å². The number of carbonyl (C=O) groups is 1. The van der Waals surface area contributed by atoms with Crippen molar-refractivity contribution in [3.63, 3.8) is 0 Å². The molecule has 1 aliphatic carbocycles. The van der Waals surface area contributed by atoms with Crippen molar-refractivity contribution in [2.24, 2.45) is 5.92 Å². The normalized spacial score (nSPS) is 29.6. The average molecular weight is 257 g/mol. The average Bonchev–Trinajstić information content (AvgIpc) is 3.06. The summed E-state index contributed by atoms with van der Waals surface area (Å²) in [5.41, 5.74) is 2.36. The van der Waals surface area contributed by atoms with Crippen LogP contribution in [0.4, 0.5) is 0 Å². The molecule has 4 rings (SSSR count). The Bertz CT molecular complexity index is 510. The van der Waals surface area contributed by atoms with Crippen LogP contribution in [-0.4, -0.2) is 26.8 Å². The van der Waals surface area contributed by atoms with E-state index in [0.29, 0.717) is 11.9 Å². The molecular formula is C15H19N3O. The lowest BCUT2D eigenvalue weighted by Crippen LogP contribution is -2.44. The molecule has 4 heteroatoms. The predicted molar refractivity (Wildman–Crippen MR) is 70.3 cm³/mol. The second kappa shape index (κ2) is 4.29. The molecule has 19 heavy (non-hydrogen) atoms. The highest BCUT2D eigenvalue weighted by molar-refractivity contribution is 5.80. The molecule has 2 unspecified atom stereocenters. The molecule has 1 saturated carbocycles. The van der Waals surface area contributed by atoms with Crippen molar-refractivity contribution in [2.75, 3.05) is 0 Å². The van der Waals surface area contributed by atoms with Crippen LogP contribution in [0.25, 0.3) is 0 Å². The first kappa shape index (κ1) is 11.4. The molecule has 2 fully saturated rings. The molecule has 4 nitrogen and oxygen atoms in total. The third-order valence-corrected chi connectivity index (χ3v) is 5.08. The number of amides is 1. The van der Waals surface area contributed by atoms with Gasteiger partial charge in [0, 0.05) is 30.1 Å². The minimum atomic E-state index is 0.253. The monoisotopic (exact) mass is 257 g/mol. The zero-order valence-corrected chi connectivity index (χ0v) is 11.1. The summed E-state index contributed by atoms with van der Waals surface area (Å²) in [7, 11) is 0. The Balaban J connectivity index is 1.66. The van der Waals surface area contributed by atoms with Crippen molar-refractivity contribution < 1.29 is 4.79 Å². The van der Waals surface area contributed by atoms with Crippen LogP contribution in [0.15, 0.2) is 12.5 Å². The SMILES string of the molecule is O=C(C1CCCC1)N1C2CCC1c1cncnc1C2. The van der Waals surface area contributed by atoms with Gasteiger partial charge in [0.25, 0.3) is 0 Å². The van der Waals surface area contributed by atoms with Gasteiger partial charge in [0.1, 0.15) is 6.33 Å². The molecule has 3 aliphatic rings. The van der Waals surface area contributed by atoms with E-state index in [1.54, 1.807) is 6.33 Å². The van der Waals surface area contributed by atoms with Crippen LogP contribution in [0.2, 0.25) is 0 Å². The minimum absolute atomic E-state index is 0.253. The van der Waals surface area contributed by atoms with Crippen LogP contribution in [0.3, 0.4) is 0 Å². The molecule has 1 aromatic rings. The van der Waals surface area contributed by atoms with E-state index in [1.807, 2.05) is 6.20 Å². The number of hydrogen-bond donors (Lipinski definition) is 0. The fraction of sp³-hybridized carbons (Fsp3) is 0.667. The van der Waals surface area contributed by atoms with Crippen LogP contribution in [0.5, 0.6) is 0 Å². The molecule has 1 saturated heterocycles. The van der Waals surface area contributed by atoms with Crippen LogP contribution in [-0.2, 0) is 11.2 Å². The third-order valence-electron chi connectivity index (χ3n) is 5.08. The third kappa shape index (κ3) is 1.69. The Kier molecular flexibility index (Phi) is 2.57. The number of nitrogens with zero attached hydrogens (tertiary/aromatic N) is 3. The van der Waals surface area contributed by atoms with Crippen LogP contribution >= 0.6 is 0 Å². The summed E-state index contributed by atoms with van der Waals surface area (Å²) in [5, 5.41) is 0. The van der Waals surface area contributed by atoms with E-state index in [0.717, 1.165) is 37.8 Å². The van der Waals surface area contributed by atoms with Gasteiger partial charge in [-0.05, 0) is 25.7 Å². The van der Waals surface area contributed by atoms with Crippen LogP contribution in [0, 0.1) is 5.92 Å². The zero-order chi connectivity index (χ0) is 12.8. The highest BCUT2D eigenvalue weighted by Gasteiger charge is 2.45. The quantitative estimate of drug-likeness (QED) is 0.775. The molecular weight excluding hydrogens is 238 g/mol. The number of carbonyl (C=O) groups excluding carboxylic acids is 1. The van der Waals surface area contributed by atoms with Gasteiger partial charge in [-0.2, -0.15) is 0 Å². The second-order valence-corrected chi connectivity index (χ2v) is 6.10. The van der Waals surface area contributed by atoms with Crippen molar-refractivity contribution in [3.05, 3.63) is 23.8 Å². The lowest BCUT2D eigenvalue weighted by molar-refractivity contribution is -0.139. The Morgan fingerprint density at radius 2 is 2.05 bits per heavy atom. The van der Waals surface area contributed by atoms with E-state index in [1.165, 1.54) is 18.4 Å². The van der Waals surface area contributed by atoms with Gasteiger partial charge >= 0.3 is 0 Å². The summed E-state index contributed by atoms with van der Waals surface area (Å²) in [4.78, 5) is 23.5. The second-order valence-electron chi connectivity index (χ2n) is 6.10. The molecule has 100 valence electrons. The smallest absolute Gasteiger partial charge is 0.226 e. The number of aromatic nitrogens is 2. The van der Waals surface area contributed by atoms with Crippen LogP contribution < -0.4 is 0 Å².